The molecule has 2 aliphatic heterocycles. The second-order valence-corrected chi connectivity index (χ2v) is 6.24. The molecule has 2 aliphatic rings. The summed E-state index contributed by atoms with van der Waals surface area (Å²) in [4.78, 5) is 16.0. The zero-order valence-corrected chi connectivity index (χ0v) is 13.6. The summed E-state index contributed by atoms with van der Waals surface area (Å²) in [5.41, 5.74) is -0.328. The maximum atomic E-state index is 12.6. The van der Waals surface area contributed by atoms with Gasteiger partial charge in [-0.05, 0) is 24.6 Å². The predicted octanol–water partition coefficient (Wildman–Crippen LogP) is 3.37. The number of hydrogen-bond acceptors (Lipinski definition) is 6. The van der Waals surface area contributed by atoms with Crippen molar-refractivity contribution in [2.75, 3.05) is 12.4 Å². The van der Waals surface area contributed by atoms with Crippen molar-refractivity contribution < 1.29 is 22.7 Å². The van der Waals surface area contributed by atoms with Crippen LogP contribution in [0.4, 0.5) is 13.2 Å². The number of azo groups is 1. The van der Waals surface area contributed by atoms with E-state index in [1.165, 1.54) is 30.1 Å². The first-order valence-corrected chi connectivity index (χ1v) is 8.34. The van der Waals surface area contributed by atoms with Gasteiger partial charge in [0.05, 0.1) is 23.9 Å². The molecule has 0 spiro atoms. The number of alkyl halides is 3. The highest BCUT2D eigenvalue weighted by atomic mass is 32.2. The summed E-state index contributed by atoms with van der Waals surface area (Å²) in [6, 6.07) is 4.75. The quantitative estimate of drug-likeness (QED) is 0.808. The first-order valence-electron chi connectivity index (χ1n) is 7.35. The van der Waals surface area contributed by atoms with Gasteiger partial charge in [0.15, 0.2) is 11.3 Å². The summed E-state index contributed by atoms with van der Waals surface area (Å²) in [7, 11) is 0. The molecular formula is C15H13F3N4O2S. The van der Waals surface area contributed by atoms with Crippen molar-refractivity contribution in [2.45, 2.75) is 18.8 Å². The minimum atomic E-state index is -4.39. The van der Waals surface area contributed by atoms with Crippen LogP contribution in [0.5, 0.6) is 5.75 Å². The van der Waals surface area contributed by atoms with Crippen molar-refractivity contribution >= 4 is 22.8 Å². The van der Waals surface area contributed by atoms with Crippen LogP contribution in [0, 0.1) is 0 Å². The highest BCUT2D eigenvalue weighted by Crippen LogP contribution is 2.31. The third-order valence-corrected chi connectivity index (χ3v) is 4.30. The minimum absolute atomic E-state index is 0.171. The molecule has 25 heavy (non-hydrogen) atoms. The van der Waals surface area contributed by atoms with E-state index < -0.39 is 17.9 Å². The first-order chi connectivity index (χ1) is 11.9. The molecule has 1 N–H and O–H groups in total. The van der Waals surface area contributed by atoms with E-state index in [-0.39, 0.29) is 18.3 Å². The van der Waals surface area contributed by atoms with Crippen LogP contribution in [0.25, 0.3) is 0 Å². The Kier molecular flexibility index (Phi) is 5.07. The molecule has 10 heteroatoms. The lowest BCUT2D eigenvalue weighted by Crippen LogP contribution is -2.37. The molecule has 6 nitrogen and oxygen atoms in total. The van der Waals surface area contributed by atoms with E-state index in [0.29, 0.717) is 22.9 Å². The van der Waals surface area contributed by atoms with Crippen molar-refractivity contribution in [3.05, 3.63) is 41.6 Å². The summed E-state index contributed by atoms with van der Waals surface area (Å²) >= 11 is 1.32. The molecule has 0 aromatic heterocycles. The standard InChI is InChI=1S/C15H13F3N4O2S/c16-15(17,18)9-3-1-4-10(7-9)24-5-2-6-25-14-20-12-11(8-19-22-12)13(23)21-14/h1,3-4,7-8,12H,2,5-6H2,(H,20,21,23). The molecule has 1 amide bonds. The third kappa shape index (κ3) is 4.38. The molecule has 0 aliphatic carbocycles. The van der Waals surface area contributed by atoms with Crippen molar-refractivity contribution in [1.82, 2.24) is 5.32 Å². The van der Waals surface area contributed by atoms with Crippen LogP contribution in [-0.2, 0) is 11.0 Å². The molecule has 3 rings (SSSR count). The van der Waals surface area contributed by atoms with Gasteiger partial charge in [-0.3, -0.25) is 4.79 Å². The number of rotatable bonds is 5. The number of halogens is 3. The lowest BCUT2D eigenvalue weighted by atomic mass is 10.2. The van der Waals surface area contributed by atoms with Gasteiger partial charge in [-0.25, -0.2) is 4.99 Å². The smallest absolute Gasteiger partial charge is 0.416 e. The number of nitrogens with zero attached hydrogens (tertiary/aromatic N) is 3. The lowest BCUT2D eigenvalue weighted by Gasteiger charge is -2.17. The summed E-state index contributed by atoms with van der Waals surface area (Å²) < 4.78 is 43.2. The largest absolute Gasteiger partial charge is 0.494 e. The number of fused-ring (bicyclic) bond motifs is 1. The van der Waals surface area contributed by atoms with Gasteiger partial charge in [0, 0.05) is 5.75 Å². The van der Waals surface area contributed by atoms with Crippen LogP contribution in [0.2, 0.25) is 0 Å². The zero-order valence-electron chi connectivity index (χ0n) is 12.8. The van der Waals surface area contributed by atoms with Crippen LogP contribution in [-0.4, -0.2) is 29.6 Å². The molecule has 132 valence electrons. The van der Waals surface area contributed by atoms with Gasteiger partial charge in [-0.1, -0.05) is 17.8 Å². The molecular weight excluding hydrogens is 357 g/mol. The molecule has 0 saturated heterocycles. The van der Waals surface area contributed by atoms with Gasteiger partial charge >= 0.3 is 6.18 Å². The number of aliphatic imine (C=N–C) groups is 1. The monoisotopic (exact) mass is 370 g/mol. The van der Waals surface area contributed by atoms with Gasteiger partial charge in [0.1, 0.15) is 5.75 Å². The Hall–Kier alpha value is -2.36. The predicted molar refractivity (Wildman–Crippen MR) is 86.3 cm³/mol. The fourth-order valence-electron chi connectivity index (χ4n) is 2.12. The SMILES string of the molecule is O=C1NC(SCCCOc2cccc(C(F)(F)F)c2)=NC2N=NC=C12. The van der Waals surface area contributed by atoms with Crippen molar-refractivity contribution in [3.8, 4) is 5.75 Å². The van der Waals surface area contributed by atoms with Gasteiger partial charge in [0.2, 0.25) is 0 Å². The lowest BCUT2D eigenvalue weighted by molar-refractivity contribution is -0.137. The molecule has 0 saturated carbocycles. The molecule has 1 aromatic carbocycles. The van der Waals surface area contributed by atoms with Crippen LogP contribution in [0.3, 0.4) is 0 Å². The number of thioether (sulfide) groups is 1. The van der Waals surface area contributed by atoms with Crippen molar-refractivity contribution in [3.63, 3.8) is 0 Å². The highest BCUT2D eigenvalue weighted by molar-refractivity contribution is 8.13. The highest BCUT2D eigenvalue weighted by Gasteiger charge is 2.31. The second kappa shape index (κ2) is 7.26. The topological polar surface area (TPSA) is 75.4 Å². The zero-order chi connectivity index (χ0) is 17.9. The number of benzene rings is 1. The number of amides is 1. The Morgan fingerprint density at radius 1 is 1.32 bits per heavy atom. The molecule has 0 radical (unpaired) electrons. The minimum Gasteiger partial charge on any atom is -0.494 e. The summed E-state index contributed by atoms with van der Waals surface area (Å²) in [6.07, 6.45) is -3.01. The maximum absolute atomic E-state index is 12.6. The molecule has 2 heterocycles. The van der Waals surface area contributed by atoms with E-state index in [2.05, 4.69) is 20.5 Å². The molecule has 1 aromatic rings. The average Bonchev–Trinajstić information content (AvgIpc) is 3.03. The third-order valence-electron chi connectivity index (χ3n) is 3.33. The maximum Gasteiger partial charge on any atom is 0.416 e. The Labute approximate surface area is 145 Å². The molecule has 1 unspecified atom stereocenters. The normalized spacial score (nSPS) is 19.2. The average molecular weight is 370 g/mol. The Balaban J connectivity index is 1.43. The summed E-state index contributed by atoms with van der Waals surface area (Å²) in [5, 5.41) is 10.6. The van der Waals surface area contributed by atoms with Crippen LogP contribution < -0.4 is 10.1 Å². The fourth-order valence-corrected chi connectivity index (χ4v) is 2.92. The van der Waals surface area contributed by atoms with Crippen molar-refractivity contribution in [1.29, 1.82) is 0 Å². The van der Waals surface area contributed by atoms with Crippen LogP contribution in [0.1, 0.15) is 12.0 Å². The molecule has 1 atom stereocenters. The van der Waals surface area contributed by atoms with Gasteiger partial charge < -0.3 is 10.1 Å². The number of carbonyl (C=O) groups is 1. The van der Waals surface area contributed by atoms with E-state index in [4.69, 9.17) is 4.74 Å². The Morgan fingerprint density at radius 2 is 2.16 bits per heavy atom. The van der Waals surface area contributed by atoms with Gasteiger partial charge in [-0.15, -0.1) is 0 Å². The second-order valence-electron chi connectivity index (χ2n) is 5.15. The Morgan fingerprint density at radius 3 is 2.96 bits per heavy atom. The first kappa shape index (κ1) is 17.5. The number of amidine groups is 1. The number of carbonyl (C=O) groups excluding carboxylic acids is 1. The number of hydrogen-bond donors (Lipinski definition) is 1. The van der Waals surface area contributed by atoms with Gasteiger partial charge in [-0.2, -0.15) is 23.4 Å². The van der Waals surface area contributed by atoms with E-state index in [9.17, 15) is 18.0 Å². The van der Waals surface area contributed by atoms with Crippen LogP contribution in [0.15, 0.2) is 51.3 Å². The molecule has 0 fully saturated rings. The van der Waals surface area contributed by atoms with Crippen molar-refractivity contribution in [2.24, 2.45) is 15.2 Å². The summed E-state index contributed by atoms with van der Waals surface area (Å²) in [6.45, 7) is 0.254. The number of ether oxygens (including phenoxy) is 1. The van der Waals surface area contributed by atoms with Gasteiger partial charge in [0.25, 0.3) is 5.91 Å². The number of nitrogens with one attached hydrogen (secondary N) is 1. The van der Waals surface area contributed by atoms with Crippen LogP contribution >= 0.6 is 11.8 Å². The van der Waals surface area contributed by atoms with E-state index in [1.807, 2.05) is 0 Å². The molecule has 0 bridgehead atoms. The van der Waals surface area contributed by atoms with E-state index in [1.54, 1.807) is 0 Å². The van der Waals surface area contributed by atoms with E-state index in [0.717, 1.165) is 12.1 Å². The summed E-state index contributed by atoms with van der Waals surface area (Å²) in [5.74, 6) is 0.484. The fraction of sp³-hybridized carbons (Fsp3) is 0.333. The Bertz CT molecular complexity index is 761. The van der Waals surface area contributed by atoms with E-state index >= 15 is 0 Å².